The van der Waals surface area contributed by atoms with Crippen LogP contribution in [0, 0.1) is 24.7 Å². The fraction of sp³-hybridized carbons (Fsp3) is 0.522. The Labute approximate surface area is 157 Å². The van der Waals surface area contributed by atoms with Gasteiger partial charge >= 0.3 is 0 Å². The van der Waals surface area contributed by atoms with Crippen LogP contribution in [0.25, 0.3) is 0 Å². The normalized spacial score (nSPS) is 31.5. The average Bonchev–Trinajstić information content (AvgIpc) is 2.61. The first-order valence-corrected chi connectivity index (χ1v) is 9.93. The highest BCUT2D eigenvalue weighted by atomic mass is 16.0. The fourth-order valence-electron chi connectivity index (χ4n) is 6.26. The van der Waals surface area contributed by atoms with Crippen LogP contribution in [0.1, 0.15) is 44.1 Å². The van der Waals surface area contributed by atoms with E-state index in [4.69, 9.17) is 0 Å². The first-order valence-electron chi connectivity index (χ1n) is 9.93. The Balaban J connectivity index is 0.00000168. The van der Waals surface area contributed by atoms with E-state index in [0.29, 0.717) is 5.54 Å². The van der Waals surface area contributed by atoms with E-state index in [0.717, 1.165) is 17.8 Å². The zero-order valence-corrected chi connectivity index (χ0v) is 15.9. The molecule has 0 unspecified atom stereocenters. The summed E-state index contributed by atoms with van der Waals surface area (Å²) in [4.78, 5) is 2.28. The summed E-state index contributed by atoms with van der Waals surface area (Å²) in [7, 11) is 2.16. The van der Waals surface area contributed by atoms with Gasteiger partial charge in [-0.25, -0.2) is 0 Å². The monoisotopic (exact) mass is 350 g/mol. The van der Waals surface area contributed by atoms with E-state index in [2.05, 4.69) is 72.2 Å². The van der Waals surface area contributed by atoms with Crippen molar-refractivity contribution in [3.63, 3.8) is 0 Å². The van der Waals surface area contributed by atoms with Gasteiger partial charge in [-0.2, -0.15) is 4.57 Å². The summed E-state index contributed by atoms with van der Waals surface area (Å²) < 4.78 is 2.57. The third-order valence-corrected chi connectivity index (χ3v) is 7.17. The number of aryl methyl sites for hydroxylation is 1. The minimum atomic E-state index is 0. The predicted molar refractivity (Wildman–Crippen MR) is 104 cm³/mol. The quantitative estimate of drug-likeness (QED) is 0.746. The van der Waals surface area contributed by atoms with Gasteiger partial charge < -0.3 is 10.4 Å². The molecule has 1 aromatic carbocycles. The van der Waals surface area contributed by atoms with Crippen molar-refractivity contribution >= 4 is 11.4 Å². The molecule has 0 amide bonds. The molecule has 0 radical (unpaired) electrons. The maximum absolute atomic E-state index is 2.57. The Bertz CT molecular complexity index is 731. The van der Waals surface area contributed by atoms with E-state index in [1.165, 1.54) is 55.5 Å². The Hall–Kier alpha value is -1.87. The molecule has 4 bridgehead atoms. The number of rotatable bonds is 3. The number of nitrogens with zero attached hydrogens (tertiary/aromatic N) is 2. The Morgan fingerprint density at radius 2 is 1.27 bits per heavy atom. The Morgan fingerprint density at radius 3 is 1.77 bits per heavy atom. The molecule has 138 valence electrons. The molecule has 4 aliphatic rings. The first kappa shape index (κ1) is 17.5. The molecule has 4 aliphatic carbocycles. The van der Waals surface area contributed by atoms with Crippen LogP contribution >= 0.6 is 0 Å². The summed E-state index contributed by atoms with van der Waals surface area (Å²) >= 11 is 0. The molecule has 4 saturated carbocycles. The van der Waals surface area contributed by atoms with Crippen LogP contribution < -0.4 is 9.47 Å². The van der Waals surface area contributed by atoms with Gasteiger partial charge in [0.25, 0.3) is 0 Å². The molecule has 0 spiro atoms. The van der Waals surface area contributed by atoms with E-state index in [-0.39, 0.29) is 5.48 Å². The summed E-state index contributed by atoms with van der Waals surface area (Å²) in [5, 5.41) is 0. The van der Waals surface area contributed by atoms with E-state index < -0.39 is 0 Å². The van der Waals surface area contributed by atoms with Gasteiger partial charge in [0.2, 0.25) is 0 Å². The van der Waals surface area contributed by atoms with Crippen molar-refractivity contribution in [3.05, 3.63) is 54.4 Å². The molecule has 2 aromatic rings. The number of hydrogen-bond donors (Lipinski definition) is 0. The number of aromatic nitrogens is 1. The van der Waals surface area contributed by atoms with Gasteiger partial charge in [-0.3, -0.25) is 0 Å². The fourth-order valence-corrected chi connectivity index (χ4v) is 6.26. The molecule has 26 heavy (non-hydrogen) atoms. The maximum atomic E-state index is 2.57. The van der Waals surface area contributed by atoms with Gasteiger partial charge in [0.05, 0.1) is 5.69 Å². The zero-order chi connectivity index (χ0) is 17.0. The van der Waals surface area contributed by atoms with Crippen LogP contribution in [-0.2, 0) is 5.54 Å². The molecule has 0 saturated heterocycles. The van der Waals surface area contributed by atoms with E-state index in [1.807, 2.05) is 0 Å². The van der Waals surface area contributed by atoms with Gasteiger partial charge in [-0.1, -0.05) is 17.7 Å². The average molecular weight is 351 g/mol. The van der Waals surface area contributed by atoms with Crippen LogP contribution in [0.2, 0.25) is 0 Å². The summed E-state index contributed by atoms with van der Waals surface area (Å²) in [5.41, 5.74) is 4.25. The second kappa shape index (κ2) is 6.38. The molecular formula is C23H30N2O. The highest BCUT2D eigenvalue weighted by Crippen LogP contribution is 2.56. The van der Waals surface area contributed by atoms with Crippen LogP contribution in [-0.4, -0.2) is 12.5 Å². The number of anilines is 2. The lowest BCUT2D eigenvalue weighted by Crippen LogP contribution is -2.64. The summed E-state index contributed by atoms with van der Waals surface area (Å²) in [6.45, 7) is 2.14. The first-order chi connectivity index (χ1) is 12.1. The lowest BCUT2D eigenvalue weighted by molar-refractivity contribution is -0.776. The topological polar surface area (TPSA) is 37.1 Å². The van der Waals surface area contributed by atoms with Crippen molar-refractivity contribution in [2.75, 3.05) is 11.9 Å². The third kappa shape index (κ3) is 2.83. The zero-order valence-electron chi connectivity index (χ0n) is 15.9. The molecule has 6 rings (SSSR count). The molecule has 3 nitrogen and oxygen atoms in total. The summed E-state index contributed by atoms with van der Waals surface area (Å²) in [5.74, 6) is 2.98. The largest absolute Gasteiger partial charge is 0.870 e. The van der Waals surface area contributed by atoms with Crippen molar-refractivity contribution < 1.29 is 10.0 Å². The van der Waals surface area contributed by atoms with Crippen molar-refractivity contribution in [1.29, 1.82) is 0 Å². The van der Waals surface area contributed by atoms with Gasteiger partial charge in [-0.15, -0.1) is 0 Å². The molecule has 1 heterocycles. The smallest absolute Gasteiger partial charge is 0.171 e. The molecule has 1 aromatic heterocycles. The standard InChI is InChI=1S/C23H29N2.H2O/c1-17-3-5-21(6-4-17)24(2)22-7-9-25(10-8-22)23-14-18-11-19(15-23)13-20(12-18)16-23;/h3-10,18-20H,11-16H2,1-2H3;1H2/q+1;/p-1. The molecule has 3 heteroatoms. The molecule has 1 N–H and O–H groups in total. The predicted octanol–water partition coefficient (Wildman–Crippen LogP) is 4.80. The number of hydrogen-bond acceptors (Lipinski definition) is 2. The van der Waals surface area contributed by atoms with Gasteiger partial charge in [-0.05, 0) is 56.1 Å². The van der Waals surface area contributed by atoms with Gasteiger partial charge in [0.15, 0.2) is 17.9 Å². The molecule has 4 fully saturated rings. The molecule has 0 atom stereocenters. The van der Waals surface area contributed by atoms with Crippen LogP contribution in [0.4, 0.5) is 11.4 Å². The summed E-state index contributed by atoms with van der Waals surface area (Å²) in [6.07, 6.45) is 13.5. The van der Waals surface area contributed by atoms with Crippen LogP contribution in [0.3, 0.4) is 0 Å². The Kier molecular flexibility index (Phi) is 4.31. The summed E-state index contributed by atoms with van der Waals surface area (Å²) in [6, 6.07) is 13.4. The Morgan fingerprint density at radius 1 is 0.808 bits per heavy atom. The second-order valence-corrected chi connectivity index (χ2v) is 9.00. The van der Waals surface area contributed by atoms with Crippen molar-refractivity contribution in [2.24, 2.45) is 17.8 Å². The van der Waals surface area contributed by atoms with E-state index in [1.54, 1.807) is 0 Å². The third-order valence-electron chi connectivity index (χ3n) is 7.17. The van der Waals surface area contributed by atoms with Crippen molar-refractivity contribution in [2.45, 2.75) is 51.0 Å². The van der Waals surface area contributed by atoms with Crippen LogP contribution in [0.5, 0.6) is 0 Å². The van der Waals surface area contributed by atoms with Gasteiger partial charge in [0.1, 0.15) is 0 Å². The lowest BCUT2D eigenvalue weighted by Gasteiger charge is -2.53. The van der Waals surface area contributed by atoms with Crippen molar-refractivity contribution in [3.8, 4) is 0 Å². The molecular weight excluding hydrogens is 320 g/mol. The molecule has 0 aliphatic heterocycles. The SMILES string of the molecule is Cc1ccc(N(C)c2cc[n+](C34CC5CC(CC(C5)C3)C4)cc2)cc1.[OH-]. The van der Waals surface area contributed by atoms with E-state index in [9.17, 15) is 0 Å². The number of benzene rings is 1. The maximum Gasteiger partial charge on any atom is 0.171 e. The van der Waals surface area contributed by atoms with E-state index >= 15 is 0 Å². The minimum absolute atomic E-state index is 0. The highest BCUT2D eigenvalue weighted by molar-refractivity contribution is 5.61. The second-order valence-electron chi connectivity index (χ2n) is 9.00. The lowest BCUT2D eigenvalue weighted by atomic mass is 9.53. The van der Waals surface area contributed by atoms with Crippen LogP contribution in [0.15, 0.2) is 48.8 Å². The van der Waals surface area contributed by atoms with Gasteiger partial charge in [0, 0.05) is 44.1 Å². The highest BCUT2D eigenvalue weighted by Gasteiger charge is 2.56. The van der Waals surface area contributed by atoms with Crippen molar-refractivity contribution in [1.82, 2.24) is 0 Å². The number of pyridine rings is 1. The minimum Gasteiger partial charge on any atom is -0.870 e.